The summed E-state index contributed by atoms with van der Waals surface area (Å²) >= 11 is 0. The quantitative estimate of drug-likeness (QED) is 0.629. The number of nitrogens with zero attached hydrogens (tertiary/aromatic N) is 3. The molecular weight excluding hydrogens is 378 g/mol. The topological polar surface area (TPSA) is 73.5 Å². The summed E-state index contributed by atoms with van der Waals surface area (Å²) in [6, 6.07) is 16.0. The molecule has 7 nitrogen and oxygen atoms in total. The number of anilines is 1. The second-order valence-corrected chi connectivity index (χ2v) is 7.61. The van der Waals surface area contributed by atoms with Crippen molar-refractivity contribution in [1.29, 1.82) is 0 Å². The number of aromatic amines is 1. The van der Waals surface area contributed by atoms with E-state index in [2.05, 4.69) is 20.1 Å². The average molecular weight is 408 g/mol. The molecule has 0 radical (unpaired) electrons. The number of methoxy groups -OCH3 is 1. The lowest BCUT2D eigenvalue weighted by Gasteiger charge is -2.21. The van der Waals surface area contributed by atoms with Crippen LogP contribution in [0.2, 0.25) is 0 Å². The zero-order valence-corrected chi connectivity index (χ0v) is 17.4. The highest BCUT2D eigenvalue weighted by atomic mass is 16.5. The third kappa shape index (κ3) is 4.91. The number of imidazole rings is 1. The van der Waals surface area contributed by atoms with Gasteiger partial charge in [-0.25, -0.2) is 4.98 Å². The second kappa shape index (κ2) is 9.63. The van der Waals surface area contributed by atoms with E-state index in [1.165, 1.54) is 0 Å². The van der Waals surface area contributed by atoms with Crippen molar-refractivity contribution in [3.05, 3.63) is 54.1 Å². The van der Waals surface area contributed by atoms with Crippen LogP contribution in [0.5, 0.6) is 5.75 Å². The minimum absolute atomic E-state index is 0.0714. The lowest BCUT2D eigenvalue weighted by atomic mass is 10.1. The van der Waals surface area contributed by atoms with E-state index in [-0.39, 0.29) is 5.91 Å². The van der Waals surface area contributed by atoms with Crippen LogP contribution in [0.15, 0.2) is 48.5 Å². The molecule has 0 bridgehead atoms. The molecule has 1 aliphatic heterocycles. The van der Waals surface area contributed by atoms with Crippen LogP contribution in [0.1, 0.15) is 12.0 Å². The van der Waals surface area contributed by atoms with Crippen molar-refractivity contribution < 1.29 is 9.53 Å². The summed E-state index contributed by atoms with van der Waals surface area (Å²) < 4.78 is 5.37. The second-order valence-electron chi connectivity index (χ2n) is 7.61. The Morgan fingerprint density at radius 1 is 1.10 bits per heavy atom. The van der Waals surface area contributed by atoms with Gasteiger partial charge in [0.1, 0.15) is 5.75 Å². The van der Waals surface area contributed by atoms with E-state index in [9.17, 15) is 4.79 Å². The van der Waals surface area contributed by atoms with E-state index in [1.54, 1.807) is 7.11 Å². The number of ether oxygens (including phenoxy) is 1. The van der Waals surface area contributed by atoms with Gasteiger partial charge in [0.15, 0.2) is 0 Å². The molecule has 2 aromatic carbocycles. The van der Waals surface area contributed by atoms with Gasteiger partial charge >= 0.3 is 0 Å². The molecule has 0 spiro atoms. The van der Waals surface area contributed by atoms with Crippen molar-refractivity contribution in [2.24, 2.45) is 0 Å². The number of rotatable bonds is 7. The third-order valence-corrected chi connectivity index (χ3v) is 5.54. The highest BCUT2D eigenvalue weighted by Gasteiger charge is 2.19. The van der Waals surface area contributed by atoms with Crippen molar-refractivity contribution in [3.8, 4) is 5.75 Å². The molecule has 0 aliphatic carbocycles. The monoisotopic (exact) mass is 407 g/mol. The van der Waals surface area contributed by atoms with Crippen molar-refractivity contribution in [1.82, 2.24) is 20.2 Å². The van der Waals surface area contributed by atoms with Crippen LogP contribution >= 0.6 is 0 Å². The highest BCUT2D eigenvalue weighted by Crippen LogP contribution is 2.19. The molecular formula is C23H29N5O2. The maximum Gasteiger partial charge on any atom is 0.234 e. The molecule has 1 aliphatic rings. The van der Waals surface area contributed by atoms with Gasteiger partial charge in [-0.15, -0.1) is 0 Å². The zero-order chi connectivity index (χ0) is 20.8. The maximum absolute atomic E-state index is 12.4. The predicted molar refractivity (Wildman–Crippen MR) is 119 cm³/mol. The number of carbonyl (C=O) groups is 1. The van der Waals surface area contributed by atoms with Crippen LogP contribution in [-0.4, -0.2) is 67.2 Å². The summed E-state index contributed by atoms with van der Waals surface area (Å²) in [6.07, 6.45) is 1.77. The summed E-state index contributed by atoms with van der Waals surface area (Å²) in [5.74, 6) is 1.85. The molecule has 1 saturated heterocycles. The molecule has 3 aromatic rings. The summed E-state index contributed by atoms with van der Waals surface area (Å²) in [4.78, 5) is 25.0. The Balaban J connectivity index is 1.25. The predicted octanol–water partition coefficient (Wildman–Crippen LogP) is 2.44. The largest absolute Gasteiger partial charge is 0.496 e. The maximum atomic E-state index is 12.4. The van der Waals surface area contributed by atoms with Crippen molar-refractivity contribution in [3.63, 3.8) is 0 Å². The lowest BCUT2D eigenvalue weighted by molar-refractivity contribution is -0.122. The van der Waals surface area contributed by atoms with E-state index in [0.717, 1.165) is 67.3 Å². The van der Waals surface area contributed by atoms with Gasteiger partial charge in [0.05, 0.1) is 24.7 Å². The summed E-state index contributed by atoms with van der Waals surface area (Å²) in [7, 11) is 1.67. The Morgan fingerprint density at radius 2 is 1.93 bits per heavy atom. The zero-order valence-electron chi connectivity index (χ0n) is 17.4. The van der Waals surface area contributed by atoms with E-state index < -0.39 is 0 Å². The molecule has 2 N–H and O–H groups in total. The van der Waals surface area contributed by atoms with Gasteiger partial charge in [0.25, 0.3) is 0 Å². The van der Waals surface area contributed by atoms with Gasteiger partial charge in [-0.3, -0.25) is 9.69 Å². The number of benzene rings is 2. The fourth-order valence-corrected chi connectivity index (χ4v) is 3.94. The minimum atomic E-state index is 0.0714. The van der Waals surface area contributed by atoms with Crippen molar-refractivity contribution >= 4 is 22.9 Å². The fourth-order valence-electron chi connectivity index (χ4n) is 3.94. The van der Waals surface area contributed by atoms with Crippen LogP contribution in [0, 0.1) is 0 Å². The van der Waals surface area contributed by atoms with Gasteiger partial charge in [0.2, 0.25) is 11.9 Å². The Labute approximate surface area is 177 Å². The first-order chi connectivity index (χ1) is 14.7. The van der Waals surface area contributed by atoms with E-state index in [0.29, 0.717) is 13.1 Å². The minimum Gasteiger partial charge on any atom is -0.496 e. The van der Waals surface area contributed by atoms with Gasteiger partial charge < -0.3 is 19.9 Å². The van der Waals surface area contributed by atoms with Crippen molar-refractivity contribution in [2.45, 2.75) is 12.8 Å². The number of H-pyrrole nitrogens is 1. The number of hydrogen-bond donors (Lipinski definition) is 2. The van der Waals surface area contributed by atoms with Gasteiger partial charge in [-0.1, -0.05) is 30.3 Å². The van der Waals surface area contributed by atoms with Crippen LogP contribution in [0.25, 0.3) is 11.0 Å². The Morgan fingerprint density at radius 3 is 2.80 bits per heavy atom. The molecule has 158 valence electrons. The molecule has 7 heteroatoms. The number of hydrogen-bond acceptors (Lipinski definition) is 5. The van der Waals surface area contributed by atoms with Gasteiger partial charge in [-0.2, -0.15) is 0 Å². The fraction of sp³-hybridized carbons (Fsp3) is 0.391. The van der Waals surface area contributed by atoms with Crippen LogP contribution in [-0.2, 0) is 11.2 Å². The number of aromatic nitrogens is 2. The third-order valence-electron chi connectivity index (χ3n) is 5.54. The number of carbonyl (C=O) groups excluding carboxylic acids is 1. The Kier molecular flexibility index (Phi) is 6.49. The Bertz CT molecular complexity index is 953. The first-order valence-electron chi connectivity index (χ1n) is 10.5. The number of para-hydroxylation sites is 3. The molecule has 0 unspecified atom stereocenters. The molecule has 1 aromatic heterocycles. The molecule has 2 heterocycles. The van der Waals surface area contributed by atoms with E-state index in [1.807, 2.05) is 48.5 Å². The lowest BCUT2D eigenvalue weighted by Crippen LogP contribution is -2.40. The number of fused-ring (bicyclic) bond motifs is 1. The SMILES string of the molecule is COc1ccccc1CCNC(=O)CN1CCCN(c2nc3ccccc3[nH]2)CC1. The highest BCUT2D eigenvalue weighted by molar-refractivity contribution is 5.78. The molecule has 0 saturated carbocycles. The van der Waals surface area contributed by atoms with E-state index in [4.69, 9.17) is 9.72 Å². The molecule has 4 rings (SSSR count). The van der Waals surface area contributed by atoms with Gasteiger partial charge in [0, 0.05) is 32.7 Å². The summed E-state index contributed by atoms with van der Waals surface area (Å²) in [5, 5.41) is 3.04. The van der Waals surface area contributed by atoms with Crippen LogP contribution in [0.3, 0.4) is 0 Å². The van der Waals surface area contributed by atoms with Crippen LogP contribution in [0.4, 0.5) is 5.95 Å². The number of amides is 1. The summed E-state index contributed by atoms with van der Waals surface area (Å²) in [6.45, 7) is 4.59. The molecule has 1 fully saturated rings. The first-order valence-corrected chi connectivity index (χ1v) is 10.5. The van der Waals surface area contributed by atoms with E-state index >= 15 is 0 Å². The standard InChI is InChI=1S/C23H29N5O2/c1-30-21-10-5-2-7-18(21)11-12-24-22(29)17-27-13-6-14-28(16-15-27)23-25-19-8-3-4-9-20(19)26-23/h2-5,7-10H,6,11-17H2,1H3,(H,24,29)(H,25,26). The summed E-state index contributed by atoms with van der Waals surface area (Å²) in [5.41, 5.74) is 3.16. The molecule has 0 atom stereocenters. The normalized spacial score (nSPS) is 15.2. The Hall–Kier alpha value is -3.06. The number of nitrogens with one attached hydrogen (secondary N) is 2. The van der Waals surface area contributed by atoms with Crippen LogP contribution < -0.4 is 15.0 Å². The average Bonchev–Trinajstić information content (AvgIpc) is 3.07. The van der Waals surface area contributed by atoms with Gasteiger partial charge in [-0.05, 0) is 36.6 Å². The molecule has 30 heavy (non-hydrogen) atoms. The van der Waals surface area contributed by atoms with Crippen molar-refractivity contribution in [2.75, 3.05) is 51.3 Å². The molecule has 1 amide bonds. The first kappa shape index (κ1) is 20.2. The smallest absolute Gasteiger partial charge is 0.234 e.